The summed E-state index contributed by atoms with van der Waals surface area (Å²) in [5.41, 5.74) is -0.313. The van der Waals surface area contributed by atoms with Crippen LogP contribution in [0.5, 0.6) is 5.75 Å². The highest BCUT2D eigenvalue weighted by Crippen LogP contribution is 2.27. The first-order valence-corrected chi connectivity index (χ1v) is 11.3. The summed E-state index contributed by atoms with van der Waals surface area (Å²) < 4.78 is 27.1. The average Bonchev–Trinajstić information content (AvgIpc) is 3.42. The zero-order chi connectivity index (χ0) is 24.2. The van der Waals surface area contributed by atoms with Crippen LogP contribution in [0.25, 0.3) is 5.69 Å². The van der Waals surface area contributed by atoms with Gasteiger partial charge in [0.15, 0.2) is 5.75 Å². The van der Waals surface area contributed by atoms with Crippen LogP contribution in [-0.4, -0.2) is 54.1 Å². The molecule has 3 aromatic rings. The van der Waals surface area contributed by atoms with Crippen LogP contribution in [-0.2, 0) is 4.74 Å². The summed E-state index contributed by atoms with van der Waals surface area (Å²) in [4.78, 5) is 38.6. The van der Waals surface area contributed by atoms with Gasteiger partial charge in [0.25, 0.3) is 11.5 Å². The van der Waals surface area contributed by atoms with Gasteiger partial charge in [-0.3, -0.25) is 19.1 Å². The van der Waals surface area contributed by atoms with E-state index in [9.17, 15) is 18.8 Å². The molecule has 1 saturated heterocycles. The highest BCUT2D eigenvalue weighted by molar-refractivity contribution is 7.18. The largest absolute Gasteiger partial charge is 0.485 e. The molecule has 12 heteroatoms. The Bertz CT molecular complexity index is 1280. The predicted molar refractivity (Wildman–Crippen MR) is 124 cm³/mol. The van der Waals surface area contributed by atoms with Gasteiger partial charge in [-0.1, -0.05) is 11.6 Å². The number of pyridine rings is 1. The van der Waals surface area contributed by atoms with Gasteiger partial charge in [0, 0.05) is 12.3 Å². The van der Waals surface area contributed by atoms with Gasteiger partial charge in [0.05, 0.1) is 40.3 Å². The van der Waals surface area contributed by atoms with Crippen LogP contribution in [0, 0.1) is 5.82 Å². The number of halogens is 2. The number of hydrogen-bond acceptors (Lipinski definition) is 7. The number of anilines is 1. The van der Waals surface area contributed by atoms with Gasteiger partial charge in [0.2, 0.25) is 0 Å². The molecule has 2 N–H and O–H groups in total. The van der Waals surface area contributed by atoms with Crippen LogP contribution in [0.2, 0.25) is 4.34 Å². The zero-order valence-electron chi connectivity index (χ0n) is 17.6. The number of amides is 2. The third kappa shape index (κ3) is 5.06. The molecule has 0 radical (unpaired) electrons. The Morgan fingerprint density at radius 1 is 1.29 bits per heavy atom. The molecule has 2 aromatic heterocycles. The second kappa shape index (κ2) is 10.2. The normalized spacial score (nSPS) is 15.3. The Morgan fingerprint density at radius 3 is 2.82 bits per heavy atom. The Balaban J connectivity index is 1.45. The van der Waals surface area contributed by atoms with E-state index in [-0.39, 0.29) is 49.3 Å². The number of aliphatic hydroxyl groups excluding tert-OH is 1. The lowest BCUT2D eigenvalue weighted by Gasteiger charge is -2.16. The van der Waals surface area contributed by atoms with E-state index in [1.165, 1.54) is 29.0 Å². The van der Waals surface area contributed by atoms with Crippen LogP contribution in [0.15, 0.2) is 53.5 Å². The van der Waals surface area contributed by atoms with E-state index in [0.717, 1.165) is 22.3 Å². The van der Waals surface area contributed by atoms with E-state index < -0.39 is 23.6 Å². The molecule has 1 aromatic carbocycles. The van der Waals surface area contributed by atoms with Crippen molar-refractivity contribution in [1.82, 2.24) is 9.88 Å². The summed E-state index contributed by atoms with van der Waals surface area (Å²) in [7, 11) is 0. The van der Waals surface area contributed by atoms with E-state index in [2.05, 4.69) is 5.32 Å². The standard InChI is InChI=1S/C22H19ClFN3O6S/c23-19-6-5-18(34-19)20(29)25-11-14-12-27(22(31)33-14)16-4-3-13(10-15(16)24)26-7-1-2-17(21(26)30)32-9-8-28/h1-7,10,14,28H,8-9,11-12H2,(H,25,29)/t14-/m0/s1. The fraction of sp³-hybridized carbons (Fsp3) is 0.227. The highest BCUT2D eigenvalue weighted by Gasteiger charge is 2.34. The Hall–Kier alpha value is -3.41. The van der Waals surface area contributed by atoms with Crippen LogP contribution < -0.4 is 20.5 Å². The summed E-state index contributed by atoms with van der Waals surface area (Å²) in [5.74, 6) is -1.07. The molecule has 0 unspecified atom stereocenters. The summed E-state index contributed by atoms with van der Waals surface area (Å²) in [6, 6.07) is 10.2. The number of carbonyl (C=O) groups excluding carboxylic acids is 2. The molecule has 0 saturated carbocycles. The zero-order valence-corrected chi connectivity index (χ0v) is 19.1. The van der Waals surface area contributed by atoms with Crippen LogP contribution >= 0.6 is 22.9 Å². The molecule has 1 aliphatic heterocycles. The lowest BCUT2D eigenvalue weighted by molar-refractivity contribution is 0.0920. The summed E-state index contributed by atoms with van der Waals surface area (Å²) in [5, 5.41) is 11.5. The smallest absolute Gasteiger partial charge is 0.414 e. The fourth-order valence-electron chi connectivity index (χ4n) is 3.36. The molecular formula is C22H19ClFN3O6S. The summed E-state index contributed by atoms with van der Waals surface area (Å²) in [6.45, 7) is -0.222. The van der Waals surface area contributed by atoms with Gasteiger partial charge in [-0.15, -0.1) is 11.3 Å². The quantitative estimate of drug-likeness (QED) is 0.485. The van der Waals surface area contributed by atoms with Crippen molar-refractivity contribution in [2.75, 3.05) is 31.2 Å². The van der Waals surface area contributed by atoms with Crippen molar-refractivity contribution in [2.45, 2.75) is 6.10 Å². The van der Waals surface area contributed by atoms with Crippen LogP contribution in [0.4, 0.5) is 14.9 Å². The topological polar surface area (TPSA) is 110 Å². The second-order valence-corrected chi connectivity index (χ2v) is 8.90. The van der Waals surface area contributed by atoms with Crippen molar-refractivity contribution >= 4 is 40.6 Å². The van der Waals surface area contributed by atoms with Crippen molar-refractivity contribution in [1.29, 1.82) is 0 Å². The number of thiophene rings is 1. The highest BCUT2D eigenvalue weighted by atomic mass is 35.5. The number of aromatic nitrogens is 1. The number of carbonyl (C=O) groups is 2. The van der Waals surface area contributed by atoms with E-state index in [0.29, 0.717) is 9.21 Å². The molecule has 1 aliphatic rings. The maximum absolute atomic E-state index is 15.0. The van der Waals surface area contributed by atoms with Gasteiger partial charge in [0.1, 0.15) is 18.5 Å². The van der Waals surface area contributed by atoms with Crippen molar-refractivity contribution < 1.29 is 28.6 Å². The van der Waals surface area contributed by atoms with Crippen molar-refractivity contribution in [2.24, 2.45) is 0 Å². The van der Waals surface area contributed by atoms with E-state index >= 15 is 0 Å². The number of nitrogens with one attached hydrogen (secondary N) is 1. The van der Waals surface area contributed by atoms with Crippen LogP contribution in [0.1, 0.15) is 9.67 Å². The third-order valence-electron chi connectivity index (χ3n) is 4.92. The number of aliphatic hydroxyl groups is 1. The predicted octanol–water partition coefficient (Wildman–Crippen LogP) is 2.82. The Labute approximate surface area is 201 Å². The van der Waals surface area contributed by atoms with Crippen LogP contribution in [0.3, 0.4) is 0 Å². The van der Waals surface area contributed by atoms with Crippen molar-refractivity contribution in [3.63, 3.8) is 0 Å². The molecule has 4 rings (SSSR count). The molecule has 3 heterocycles. The van der Waals surface area contributed by atoms with E-state index in [1.807, 2.05) is 0 Å². The number of hydrogen-bond donors (Lipinski definition) is 2. The molecule has 178 valence electrons. The monoisotopic (exact) mass is 507 g/mol. The van der Waals surface area contributed by atoms with Crippen molar-refractivity contribution in [3.05, 3.63) is 74.0 Å². The number of rotatable bonds is 8. The lowest BCUT2D eigenvalue weighted by atomic mass is 10.2. The minimum atomic E-state index is -0.748. The molecule has 0 bridgehead atoms. The van der Waals surface area contributed by atoms with E-state index in [1.54, 1.807) is 18.2 Å². The minimum Gasteiger partial charge on any atom is -0.485 e. The Morgan fingerprint density at radius 2 is 2.12 bits per heavy atom. The average molecular weight is 508 g/mol. The maximum Gasteiger partial charge on any atom is 0.414 e. The first-order chi connectivity index (χ1) is 16.4. The first kappa shape index (κ1) is 23.7. The molecule has 34 heavy (non-hydrogen) atoms. The second-order valence-electron chi connectivity index (χ2n) is 7.19. The van der Waals surface area contributed by atoms with Crippen molar-refractivity contribution in [3.8, 4) is 11.4 Å². The molecular weight excluding hydrogens is 489 g/mol. The van der Waals surface area contributed by atoms with Gasteiger partial charge in [-0.25, -0.2) is 9.18 Å². The van der Waals surface area contributed by atoms with Gasteiger partial charge < -0.3 is 19.9 Å². The summed E-state index contributed by atoms with van der Waals surface area (Å²) >= 11 is 6.96. The molecule has 0 spiro atoms. The fourth-order valence-corrected chi connectivity index (χ4v) is 4.32. The number of benzene rings is 1. The molecule has 1 fully saturated rings. The third-order valence-corrected chi connectivity index (χ3v) is 6.15. The van der Waals surface area contributed by atoms with Gasteiger partial charge in [-0.05, 0) is 36.4 Å². The Kier molecular flexibility index (Phi) is 7.15. The molecule has 0 aliphatic carbocycles. The lowest BCUT2D eigenvalue weighted by Crippen LogP contribution is -2.34. The summed E-state index contributed by atoms with van der Waals surface area (Å²) in [6.07, 6.45) is 0.0298. The number of ether oxygens (including phenoxy) is 2. The van der Waals surface area contributed by atoms with Gasteiger partial charge in [-0.2, -0.15) is 0 Å². The number of nitrogens with zero attached hydrogens (tertiary/aromatic N) is 2. The van der Waals surface area contributed by atoms with E-state index in [4.69, 9.17) is 26.2 Å². The van der Waals surface area contributed by atoms with Gasteiger partial charge >= 0.3 is 6.09 Å². The molecule has 1 atom stereocenters. The maximum atomic E-state index is 15.0. The SMILES string of the molecule is O=C(NC[C@H]1CN(c2ccc(-n3cccc(OCCO)c3=O)cc2F)C(=O)O1)c1ccc(Cl)s1. The molecule has 9 nitrogen and oxygen atoms in total. The minimum absolute atomic E-state index is 0.0128. The number of cyclic esters (lactones) is 1. The molecule has 2 amide bonds. The first-order valence-electron chi connectivity index (χ1n) is 10.1.